The summed E-state index contributed by atoms with van der Waals surface area (Å²) in [6.07, 6.45) is 0. The molecule has 0 saturated heterocycles. The molecule has 0 N–H and O–H groups in total. The van der Waals surface area contributed by atoms with Gasteiger partial charge in [-0.3, -0.25) is 4.79 Å². The highest BCUT2D eigenvalue weighted by atomic mass is 32.2. The van der Waals surface area contributed by atoms with E-state index in [2.05, 4.69) is 4.74 Å². The van der Waals surface area contributed by atoms with Gasteiger partial charge in [-0.1, -0.05) is 30.3 Å². The Balaban J connectivity index is 3.25. The van der Waals surface area contributed by atoms with E-state index in [4.69, 9.17) is 5.26 Å². The van der Waals surface area contributed by atoms with Crippen LogP contribution >= 0.6 is 0 Å². The van der Waals surface area contributed by atoms with Crippen LogP contribution in [0.3, 0.4) is 0 Å². The maximum atomic E-state index is 11.8. The predicted octanol–water partition coefficient (Wildman–Crippen LogP) is 0.839. The third-order valence-corrected chi connectivity index (χ3v) is 3.86. The molecule has 0 amide bonds. The van der Waals surface area contributed by atoms with Gasteiger partial charge >= 0.3 is 5.97 Å². The third-order valence-electron chi connectivity index (χ3n) is 2.14. The van der Waals surface area contributed by atoms with Gasteiger partial charge in [0.1, 0.15) is 5.75 Å². The second kappa shape index (κ2) is 5.46. The van der Waals surface area contributed by atoms with Gasteiger partial charge < -0.3 is 4.74 Å². The number of benzene rings is 1. The largest absolute Gasteiger partial charge is 0.468 e. The summed E-state index contributed by atoms with van der Waals surface area (Å²) < 4.78 is 28.1. The van der Waals surface area contributed by atoms with Gasteiger partial charge in [0.05, 0.1) is 13.2 Å². The summed E-state index contributed by atoms with van der Waals surface area (Å²) in [6, 6.07) is 9.50. The molecule has 0 heterocycles. The topological polar surface area (TPSA) is 84.2 Å². The summed E-state index contributed by atoms with van der Waals surface area (Å²) in [7, 11) is -2.76. The minimum absolute atomic E-state index is 0.301. The smallest absolute Gasteiger partial charge is 0.328 e. The number of esters is 1. The molecule has 1 atom stereocenters. The van der Waals surface area contributed by atoms with E-state index in [1.54, 1.807) is 24.3 Å². The molecule has 1 rings (SSSR count). The van der Waals surface area contributed by atoms with Gasteiger partial charge in [-0.25, -0.2) is 8.42 Å². The summed E-state index contributed by atoms with van der Waals surface area (Å²) in [5.41, 5.74) is 0.301. The first-order valence-electron chi connectivity index (χ1n) is 4.74. The zero-order valence-electron chi connectivity index (χ0n) is 9.16. The van der Waals surface area contributed by atoms with Crippen LogP contribution in [0.25, 0.3) is 0 Å². The number of hydrogen-bond acceptors (Lipinski definition) is 5. The fourth-order valence-electron chi connectivity index (χ4n) is 1.40. The summed E-state index contributed by atoms with van der Waals surface area (Å²) in [4.78, 5) is 11.5. The molecule has 1 aromatic carbocycles. The van der Waals surface area contributed by atoms with E-state index < -0.39 is 26.8 Å². The highest BCUT2D eigenvalue weighted by Gasteiger charge is 2.34. The van der Waals surface area contributed by atoms with Crippen LogP contribution in [0.2, 0.25) is 0 Å². The van der Waals surface area contributed by atoms with E-state index in [0.29, 0.717) is 5.56 Å². The summed E-state index contributed by atoms with van der Waals surface area (Å²) >= 11 is 0. The maximum Gasteiger partial charge on any atom is 0.328 e. The van der Waals surface area contributed by atoms with Gasteiger partial charge in [0.2, 0.25) is 0 Å². The molecule has 0 aliphatic heterocycles. The molecule has 0 fully saturated rings. The molecule has 90 valence electrons. The second-order valence-electron chi connectivity index (χ2n) is 3.28. The Morgan fingerprint density at radius 1 is 1.41 bits per heavy atom. The molecule has 0 radical (unpaired) electrons. The summed E-state index contributed by atoms with van der Waals surface area (Å²) in [6.45, 7) is 0. The first-order chi connectivity index (χ1) is 8.03. The fourth-order valence-corrected chi connectivity index (χ4v) is 2.71. The lowest BCUT2D eigenvalue weighted by Gasteiger charge is -2.13. The van der Waals surface area contributed by atoms with Crippen molar-refractivity contribution in [3.8, 4) is 6.07 Å². The third kappa shape index (κ3) is 3.04. The van der Waals surface area contributed by atoms with E-state index in [1.165, 1.54) is 12.1 Å². The van der Waals surface area contributed by atoms with Crippen molar-refractivity contribution in [2.24, 2.45) is 0 Å². The van der Waals surface area contributed by atoms with Crippen molar-refractivity contribution < 1.29 is 17.9 Å². The first kappa shape index (κ1) is 13.2. The number of ether oxygens (including phenoxy) is 1. The number of rotatable bonds is 4. The number of methoxy groups -OCH3 is 1. The average molecular weight is 253 g/mol. The number of hydrogen-bond donors (Lipinski definition) is 0. The first-order valence-corrected chi connectivity index (χ1v) is 6.45. The standard InChI is InChI=1S/C11H11NO4S/c1-16-11(13)10(17(14,15)8-7-12)9-5-3-2-4-6-9/h2-6,10H,8H2,1H3. The van der Waals surface area contributed by atoms with E-state index in [0.717, 1.165) is 7.11 Å². The summed E-state index contributed by atoms with van der Waals surface area (Å²) in [5.74, 6) is -1.60. The fraction of sp³-hybridized carbons (Fsp3) is 0.273. The molecule has 0 aliphatic rings. The highest BCUT2D eigenvalue weighted by Crippen LogP contribution is 2.24. The van der Waals surface area contributed by atoms with Gasteiger partial charge in [0.15, 0.2) is 15.1 Å². The minimum atomic E-state index is -3.87. The monoisotopic (exact) mass is 253 g/mol. The van der Waals surface area contributed by atoms with E-state index in [9.17, 15) is 13.2 Å². The number of nitriles is 1. The normalized spacial score (nSPS) is 12.5. The van der Waals surface area contributed by atoms with Gasteiger partial charge in [-0.05, 0) is 5.56 Å². The zero-order valence-corrected chi connectivity index (χ0v) is 9.98. The molecule has 5 nitrogen and oxygen atoms in total. The van der Waals surface area contributed by atoms with Crippen LogP contribution in [0.15, 0.2) is 30.3 Å². The van der Waals surface area contributed by atoms with E-state index in [1.807, 2.05) is 0 Å². The molecule has 0 bridgehead atoms. The second-order valence-corrected chi connectivity index (χ2v) is 5.36. The van der Waals surface area contributed by atoms with Crippen LogP contribution in [0.5, 0.6) is 0 Å². The van der Waals surface area contributed by atoms with Crippen LogP contribution in [0.1, 0.15) is 10.8 Å². The Morgan fingerprint density at radius 2 is 2.00 bits per heavy atom. The van der Waals surface area contributed by atoms with Crippen molar-refractivity contribution in [3.63, 3.8) is 0 Å². The Bertz CT molecular complexity index is 530. The van der Waals surface area contributed by atoms with Crippen LogP contribution < -0.4 is 0 Å². The Morgan fingerprint density at radius 3 is 2.47 bits per heavy atom. The van der Waals surface area contributed by atoms with Gasteiger partial charge in [-0.2, -0.15) is 5.26 Å². The number of nitrogens with zero attached hydrogens (tertiary/aromatic N) is 1. The van der Waals surface area contributed by atoms with Crippen LogP contribution in [0, 0.1) is 11.3 Å². The minimum Gasteiger partial charge on any atom is -0.468 e. The average Bonchev–Trinajstić information content (AvgIpc) is 2.30. The quantitative estimate of drug-likeness (QED) is 0.742. The number of sulfone groups is 1. The molecule has 0 aromatic heterocycles. The molecule has 1 unspecified atom stereocenters. The van der Waals surface area contributed by atoms with Crippen molar-refractivity contribution in [1.82, 2.24) is 0 Å². The Labute approximate surface area is 99.5 Å². The summed E-state index contributed by atoms with van der Waals surface area (Å²) in [5, 5.41) is 7.03. The maximum absolute atomic E-state index is 11.8. The molecule has 6 heteroatoms. The Hall–Kier alpha value is -1.87. The van der Waals surface area contributed by atoms with Gasteiger partial charge in [0.25, 0.3) is 0 Å². The molecular formula is C11H11NO4S. The predicted molar refractivity (Wildman–Crippen MR) is 60.6 cm³/mol. The van der Waals surface area contributed by atoms with Crippen LogP contribution in [-0.2, 0) is 19.4 Å². The molecule has 17 heavy (non-hydrogen) atoms. The lowest BCUT2D eigenvalue weighted by atomic mass is 10.1. The lowest BCUT2D eigenvalue weighted by molar-refractivity contribution is -0.140. The molecular weight excluding hydrogens is 242 g/mol. The van der Waals surface area contributed by atoms with E-state index >= 15 is 0 Å². The van der Waals surface area contributed by atoms with Crippen molar-refractivity contribution in [2.75, 3.05) is 12.9 Å². The van der Waals surface area contributed by atoms with E-state index in [-0.39, 0.29) is 0 Å². The van der Waals surface area contributed by atoms with Crippen molar-refractivity contribution in [2.45, 2.75) is 5.25 Å². The van der Waals surface area contributed by atoms with Crippen LogP contribution in [0.4, 0.5) is 0 Å². The molecule has 0 spiro atoms. The van der Waals surface area contributed by atoms with Gasteiger partial charge in [0, 0.05) is 0 Å². The number of carbonyl (C=O) groups excluding carboxylic acids is 1. The highest BCUT2D eigenvalue weighted by molar-refractivity contribution is 7.92. The lowest BCUT2D eigenvalue weighted by Crippen LogP contribution is -2.25. The number of carbonyl (C=O) groups is 1. The van der Waals surface area contributed by atoms with Crippen LogP contribution in [-0.4, -0.2) is 27.2 Å². The molecule has 1 aromatic rings. The molecule has 0 aliphatic carbocycles. The van der Waals surface area contributed by atoms with Crippen molar-refractivity contribution in [1.29, 1.82) is 5.26 Å². The van der Waals surface area contributed by atoms with Crippen molar-refractivity contribution in [3.05, 3.63) is 35.9 Å². The molecule has 0 saturated carbocycles. The SMILES string of the molecule is COC(=O)C(c1ccccc1)S(=O)(=O)CC#N. The zero-order chi connectivity index (χ0) is 12.9. The van der Waals surface area contributed by atoms with Crippen molar-refractivity contribution >= 4 is 15.8 Å². The Kier molecular flexibility index (Phi) is 4.24. The van der Waals surface area contributed by atoms with Gasteiger partial charge in [-0.15, -0.1) is 0 Å².